The van der Waals surface area contributed by atoms with E-state index in [0.717, 1.165) is 5.57 Å². The van der Waals surface area contributed by atoms with Crippen molar-refractivity contribution in [3.8, 4) is 0 Å². The second kappa shape index (κ2) is 2.63. The van der Waals surface area contributed by atoms with Crippen LogP contribution in [-0.4, -0.2) is 37.5 Å². The summed E-state index contributed by atoms with van der Waals surface area (Å²) in [7, 11) is 0. The smallest absolute Gasteiger partial charge is 0.167 e. The number of allylic oxidation sites excluding steroid dienone is 1. The van der Waals surface area contributed by atoms with Crippen LogP contribution in [0.15, 0.2) is 11.6 Å². The van der Waals surface area contributed by atoms with Gasteiger partial charge in [-0.15, -0.1) is 0 Å². The Morgan fingerprint density at radius 2 is 2.19 bits per heavy atom. The Bertz CT molecular complexity index is 436. The van der Waals surface area contributed by atoms with Crippen LogP contribution in [0.25, 0.3) is 0 Å². The summed E-state index contributed by atoms with van der Waals surface area (Å²) in [6, 6.07) is 0. The van der Waals surface area contributed by atoms with Crippen LogP contribution in [0.2, 0.25) is 0 Å². The van der Waals surface area contributed by atoms with Crippen molar-refractivity contribution < 1.29 is 19.1 Å². The summed E-state index contributed by atoms with van der Waals surface area (Å²) in [6.07, 6.45) is 2.06. The topological polar surface area (TPSA) is 52.6 Å². The summed E-state index contributed by atoms with van der Waals surface area (Å²) in [5.74, 6) is -0.166. The van der Waals surface area contributed by atoms with Gasteiger partial charge in [-0.1, -0.05) is 0 Å². The van der Waals surface area contributed by atoms with Crippen LogP contribution in [-0.2, 0) is 19.1 Å². The van der Waals surface area contributed by atoms with E-state index in [4.69, 9.17) is 9.47 Å². The first kappa shape index (κ1) is 9.07. The minimum atomic E-state index is -0.455. The van der Waals surface area contributed by atoms with Gasteiger partial charge in [-0.25, -0.2) is 0 Å². The molecule has 1 saturated carbocycles. The zero-order valence-electron chi connectivity index (χ0n) is 8.77. The maximum absolute atomic E-state index is 12.0. The molecule has 0 radical (unpaired) electrons. The van der Waals surface area contributed by atoms with Gasteiger partial charge in [0.25, 0.3) is 0 Å². The molecule has 0 N–H and O–H groups in total. The zero-order chi connectivity index (χ0) is 10.9. The highest BCUT2D eigenvalue weighted by atomic mass is 16.5. The van der Waals surface area contributed by atoms with Crippen LogP contribution in [0, 0.1) is 17.3 Å². The molecule has 4 rings (SSSR count). The Kier molecular flexibility index (Phi) is 1.49. The Morgan fingerprint density at radius 3 is 3.06 bits per heavy atom. The molecule has 16 heavy (non-hydrogen) atoms. The Balaban J connectivity index is 1.95. The zero-order valence-corrected chi connectivity index (χ0v) is 8.77. The lowest BCUT2D eigenvalue weighted by molar-refractivity contribution is -0.134. The number of hydrogen-bond acceptors (Lipinski definition) is 4. The lowest BCUT2D eigenvalue weighted by Gasteiger charge is -2.39. The molecule has 1 unspecified atom stereocenters. The van der Waals surface area contributed by atoms with E-state index >= 15 is 0 Å². The molecule has 2 saturated heterocycles. The minimum absolute atomic E-state index is 0.0245. The molecule has 1 spiro atoms. The van der Waals surface area contributed by atoms with Crippen molar-refractivity contribution in [3.63, 3.8) is 0 Å². The predicted octanol–water partition coefficient (Wildman–Crippen LogP) is 0.116. The molecule has 4 heteroatoms. The number of Topliss-reactive ketones (excluding diaryl/α,β-unsaturated/α-hetero) is 1. The first-order valence-corrected chi connectivity index (χ1v) is 5.71. The molecule has 4 atom stereocenters. The van der Waals surface area contributed by atoms with Crippen molar-refractivity contribution >= 4 is 11.6 Å². The van der Waals surface area contributed by atoms with Crippen molar-refractivity contribution in [2.45, 2.75) is 12.5 Å². The molecule has 0 aromatic carbocycles. The molecule has 4 aliphatic rings. The summed E-state index contributed by atoms with van der Waals surface area (Å²) in [4.78, 5) is 23.9. The molecule has 4 nitrogen and oxygen atoms in total. The Labute approximate surface area is 92.6 Å². The van der Waals surface area contributed by atoms with Gasteiger partial charge >= 0.3 is 0 Å². The third-order valence-electron chi connectivity index (χ3n) is 4.64. The minimum Gasteiger partial charge on any atom is -0.375 e. The van der Waals surface area contributed by atoms with Gasteiger partial charge in [-0.05, 0) is 11.6 Å². The lowest BCUT2D eigenvalue weighted by Crippen LogP contribution is -2.47. The summed E-state index contributed by atoms with van der Waals surface area (Å²) in [6.45, 7) is 1.61. The number of rotatable bonds is 0. The molecule has 0 bridgehead atoms. The molecule has 2 heterocycles. The standard InChI is InChI=1S/C12H12O4/c13-8-1-6-3-15-5-10-12(6)7(4-16-10)2-9(14)11(8)12/h1,7,10-11H,2-5H2/t7-,10+,11+,12?/m0/s1. The van der Waals surface area contributed by atoms with Crippen molar-refractivity contribution in [2.75, 3.05) is 19.8 Å². The molecule has 0 aromatic heterocycles. The molecule has 0 aromatic rings. The average Bonchev–Trinajstić information content (AvgIpc) is 2.81. The van der Waals surface area contributed by atoms with Crippen LogP contribution in [0.1, 0.15) is 6.42 Å². The van der Waals surface area contributed by atoms with Gasteiger partial charge < -0.3 is 9.47 Å². The van der Waals surface area contributed by atoms with Gasteiger partial charge in [0.05, 0.1) is 31.8 Å². The van der Waals surface area contributed by atoms with Crippen molar-refractivity contribution in [3.05, 3.63) is 11.6 Å². The van der Waals surface area contributed by atoms with E-state index in [-0.39, 0.29) is 29.0 Å². The molecule has 2 aliphatic carbocycles. The van der Waals surface area contributed by atoms with Crippen molar-refractivity contribution in [1.29, 1.82) is 0 Å². The van der Waals surface area contributed by atoms with E-state index < -0.39 is 5.92 Å². The van der Waals surface area contributed by atoms with Gasteiger partial charge in [-0.3, -0.25) is 9.59 Å². The van der Waals surface area contributed by atoms with Crippen molar-refractivity contribution in [2.24, 2.45) is 17.3 Å². The average molecular weight is 220 g/mol. The molecular weight excluding hydrogens is 208 g/mol. The number of carbonyl (C=O) groups is 2. The maximum Gasteiger partial charge on any atom is 0.167 e. The lowest BCUT2D eigenvalue weighted by atomic mass is 9.67. The van der Waals surface area contributed by atoms with E-state index in [1.165, 1.54) is 0 Å². The quantitative estimate of drug-likeness (QED) is 0.544. The van der Waals surface area contributed by atoms with E-state index in [1.807, 2.05) is 0 Å². The molecule has 2 aliphatic heterocycles. The highest BCUT2D eigenvalue weighted by Gasteiger charge is 2.69. The number of carbonyl (C=O) groups excluding carboxylic acids is 2. The van der Waals surface area contributed by atoms with Crippen LogP contribution in [0.4, 0.5) is 0 Å². The summed E-state index contributed by atoms with van der Waals surface area (Å²) in [5, 5.41) is 0. The van der Waals surface area contributed by atoms with Gasteiger partial charge in [0.1, 0.15) is 5.78 Å². The Morgan fingerprint density at radius 1 is 1.31 bits per heavy atom. The van der Waals surface area contributed by atoms with Gasteiger partial charge in [0.15, 0.2) is 5.78 Å². The van der Waals surface area contributed by atoms with Crippen molar-refractivity contribution in [1.82, 2.24) is 0 Å². The van der Waals surface area contributed by atoms with Crippen LogP contribution in [0.5, 0.6) is 0 Å². The van der Waals surface area contributed by atoms with Crippen LogP contribution in [0.3, 0.4) is 0 Å². The molecule has 0 amide bonds. The number of hydrogen-bond donors (Lipinski definition) is 0. The van der Waals surface area contributed by atoms with E-state index in [1.54, 1.807) is 6.08 Å². The first-order valence-electron chi connectivity index (χ1n) is 5.71. The second-order valence-corrected chi connectivity index (χ2v) is 5.14. The molecule has 3 fully saturated rings. The van der Waals surface area contributed by atoms with Gasteiger partial charge in [0, 0.05) is 17.8 Å². The number of ketones is 2. The first-order chi connectivity index (χ1) is 7.74. The van der Waals surface area contributed by atoms with Crippen LogP contribution >= 0.6 is 0 Å². The van der Waals surface area contributed by atoms with Gasteiger partial charge in [0.2, 0.25) is 0 Å². The highest BCUT2D eigenvalue weighted by molar-refractivity contribution is 6.13. The third kappa shape index (κ3) is 0.749. The summed E-state index contributed by atoms with van der Waals surface area (Å²) in [5.41, 5.74) is 0.693. The number of ether oxygens (including phenoxy) is 2. The van der Waals surface area contributed by atoms with E-state index in [2.05, 4.69) is 0 Å². The Hall–Kier alpha value is -1.00. The monoisotopic (exact) mass is 220 g/mol. The fourth-order valence-corrected chi connectivity index (χ4v) is 4.10. The normalized spacial score (nSPS) is 49.2. The van der Waals surface area contributed by atoms with Gasteiger partial charge in [-0.2, -0.15) is 0 Å². The SMILES string of the molecule is O=C1C=C2COC[C@H]3OC[C@@H]4CC(=O)[C@@H]1C243. The molecule has 84 valence electrons. The molecular formula is C12H12O4. The van der Waals surface area contributed by atoms with E-state index in [0.29, 0.717) is 26.2 Å². The fraction of sp³-hybridized carbons (Fsp3) is 0.667. The van der Waals surface area contributed by atoms with E-state index in [9.17, 15) is 9.59 Å². The second-order valence-electron chi connectivity index (χ2n) is 5.14. The summed E-state index contributed by atoms with van der Waals surface area (Å²) < 4.78 is 11.2. The predicted molar refractivity (Wildman–Crippen MR) is 52.7 cm³/mol. The summed E-state index contributed by atoms with van der Waals surface area (Å²) >= 11 is 0. The maximum atomic E-state index is 12.0. The fourth-order valence-electron chi connectivity index (χ4n) is 4.10. The highest BCUT2D eigenvalue weighted by Crippen LogP contribution is 2.62. The largest absolute Gasteiger partial charge is 0.375 e. The van der Waals surface area contributed by atoms with Crippen LogP contribution < -0.4 is 0 Å². The third-order valence-corrected chi connectivity index (χ3v) is 4.64.